The zero-order valence-electron chi connectivity index (χ0n) is 11.0. The van der Waals surface area contributed by atoms with Gasteiger partial charge in [0.15, 0.2) is 0 Å². The molecule has 7 atom stereocenters. The number of fused-ring (bicyclic) bond motifs is 1. The van der Waals surface area contributed by atoms with Gasteiger partial charge in [0.1, 0.15) is 6.10 Å². The predicted molar refractivity (Wildman–Crippen MR) is 69.3 cm³/mol. The maximum absolute atomic E-state index is 9.92. The Labute approximate surface area is 112 Å². The molecule has 1 aliphatic heterocycles. The van der Waals surface area contributed by atoms with Crippen LogP contribution in [0, 0.1) is 11.8 Å². The average Bonchev–Trinajstić information content (AvgIpc) is 2.75. The van der Waals surface area contributed by atoms with Gasteiger partial charge in [-0.3, -0.25) is 0 Å². The van der Waals surface area contributed by atoms with E-state index in [9.17, 15) is 15.3 Å². The highest BCUT2D eigenvalue weighted by Crippen LogP contribution is 2.39. The van der Waals surface area contributed by atoms with E-state index in [0.717, 1.165) is 0 Å². The summed E-state index contributed by atoms with van der Waals surface area (Å²) >= 11 is 0. The van der Waals surface area contributed by atoms with Gasteiger partial charge in [-0.25, -0.2) is 0 Å². The molecule has 0 amide bonds. The van der Waals surface area contributed by atoms with Crippen LogP contribution in [0.2, 0.25) is 0 Å². The number of hydrogen-bond acceptors (Lipinski definition) is 5. The van der Waals surface area contributed by atoms with Crippen molar-refractivity contribution in [2.75, 3.05) is 6.61 Å². The summed E-state index contributed by atoms with van der Waals surface area (Å²) in [6.07, 6.45) is 3.91. The number of aliphatic hydroxyl groups is 4. The lowest BCUT2D eigenvalue weighted by molar-refractivity contribution is -0.121. The molecule has 5 heteroatoms. The molecular weight excluding hydrogens is 248 g/mol. The number of hydrogen-bond donors (Lipinski definition) is 4. The monoisotopic (exact) mass is 270 g/mol. The van der Waals surface area contributed by atoms with Gasteiger partial charge in [0.05, 0.1) is 31.0 Å². The molecule has 1 saturated heterocycles. The van der Waals surface area contributed by atoms with Crippen molar-refractivity contribution in [3.05, 3.63) is 24.3 Å². The molecule has 1 aliphatic carbocycles. The molecule has 0 bridgehead atoms. The standard InChI is InChI=1S/C14H22O5/c1-8(15)4-2-3-5-12-9-6-11(16)14(18)13(17)10(9)7-19-12/h2-5,8-18H,6-7H2,1H3. The van der Waals surface area contributed by atoms with Crippen molar-refractivity contribution in [2.24, 2.45) is 11.8 Å². The van der Waals surface area contributed by atoms with Crippen molar-refractivity contribution in [2.45, 2.75) is 43.9 Å². The Morgan fingerprint density at radius 3 is 2.53 bits per heavy atom. The molecular formula is C14H22O5. The molecule has 1 saturated carbocycles. The minimum atomic E-state index is -1.08. The van der Waals surface area contributed by atoms with Crippen LogP contribution in [0.5, 0.6) is 0 Å². The van der Waals surface area contributed by atoms with Crippen LogP contribution in [-0.2, 0) is 4.74 Å². The molecule has 2 aliphatic rings. The Morgan fingerprint density at radius 2 is 1.84 bits per heavy atom. The molecule has 0 aromatic carbocycles. The zero-order valence-corrected chi connectivity index (χ0v) is 11.0. The molecule has 1 heterocycles. The van der Waals surface area contributed by atoms with Gasteiger partial charge in [-0.2, -0.15) is 0 Å². The fourth-order valence-corrected chi connectivity index (χ4v) is 2.87. The second-order valence-corrected chi connectivity index (χ2v) is 5.42. The third-order valence-electron chi connectivity index (χ3n) is 3.95. The smallest absolute Gasteiger partial charge is 0.106 e. The number of aliphatic hydroxyl groups excluding tert-OH is 4. The van der Waals surface area contributed by atoms with Crippen LogP contribution in [0.3, 0.4) is 0 Å². The maximum Gasteiger partial charge on any atom is 0.106 e. The van der Waals surface area contributed by atoms with E-state index in [4.69, 9.17) is 9.84 Å². The zero-order chi connectivity index (χ0) is 14.0. The minimum Gasteiger partial charge on any atom is -0.390 e. The van der Waals surface area contributed by atoms with Gasteiger partial charge in [0.25, 0.3) is 0 Å². The lowest BCUT2D eigenvalue weighted by Crippen LogP contribution is -2.50. The molecule has 0 radical (unpaired) electrons. The number of ether oxygens (including phenoxy) is 1. The van der Waals surface area contributed by atoms with Gasteiger partial charge >= 0.3 is 0 Å². The van der Waals surface area contributed by atoms with Crippen LogP contribution in [0.4, 0.5) is 0 Å². The third-order valence-corrected chi connectivity index (χ3v) is 3.95. The normalized spacial score (nSPS) is 44.9. The molecule has 108 valence electrons. The van der Waals surface area contributed by atoms with E-state index in [0.29, 0.717) is 13.0 Å². The summed E-state index contributed by atoms with van der Waals surface area (Å²) in [5, 5.41) is 38.4. The third kappa shape index (κ3) is 3.24. The van der Waals surface area contributed by atoms with Gasteiger partial charge in [0.2, 0.25) is 0 Å². The van der Waals surface area contributed by atoms with Crippen molar-refractivity contribution in [3.8, 4) is 0 Å². The summed E-state index contributed by atoms with van der Waals surface area (Å²) in [6.45, 7) is 2.06. The Balaban J connectivity index is 1.98. The Hall–Kier alpha value is -0.720. The SMILES string of the molecule is CC(O)C=CC=CC1OCC2C(O)C(O)C(O)CC12. The molecule has 2 rings (SSSR count). The molecule has 0 aromatic rings. The summed E-state index contributed by atoms with van der Waals surface area (Å²) in [5.74, 6) is -0.113. The van der Waals surface area contributed by atoms with Crippen LogP contribution in [-0.4, -0.2) is 57.6 Å². The summed E-state index contributed by atoms with van der Waals surface area (Å²) in [5.41, 5.74) is 0. The minimum absolute atomic E-state index is 0.0181. The van der Waals surface area contributed by atoms with Crippen molar-refractivity contribution in [3.63, 3.8) is 0 Å². The van der Waals surface area contributed by atoms with E-state index in [2.05, 4.69) is 0 Å². The molecule has 5 nitrogen and oxygen atoms in total. The van der Waals surface area contributed by atoms with Gasteiger partial charge < -0.3 is 25.2 Å². The fraction of sp³-hybridized carbons (Fsp3) is 0.714. The molecule has 4 N–H and O–H groups in total. The van der Waals surface area contributed by atoms with Crippen LogP contribution in [0.15, 0.2) is 24.3 Å². The van der Waals surface area contributed by atoms with E-state index in [1.807, 2.05) is 6.08 Å². The van der Waals surface area contributed by atoms with Crippen molar-refractivity contribution < 1.29 is 25.2 Å². The van der Waals surface area contributed by atoms with Gasteiger partial charge in [-0.05, 0) is 19.3 Å². The van der Waals surface area contributed by atoms with Crippen LogP contribution in [0.25, 0.3) is 0 Å². The van der Waals surface area contributed by atoms with Crippen molar-refractivity contribution in [1.82, 2.24) is 0 Å². The summed E-state index contributed by atoms with van der Waals surface area (Å²) in [7, 11) is 0. The van der Waals surface area contributed by atoms with Gasteiger partial charge in [0, 0.05) is 5.92 Å². The van der Waals surface area contributed by atoms with E-state index >= 15 is 0 Å². The second kappa shape index (κ2) is 6.15. The first-order chi connectivity index (χ1) is 9.00. The molecule has 2 fully saturated rings. The first kappa shape index (κ1) is 14.7. The quantitative estimate of drug-likeness (QED) is 0.524. The average molecular weight is 270 g/mol. The molecule has 0 spiro atoms. The lowest BCUT2D eigenvalue weighted by atomic mass is 9.74. The lowest BCUT2D eigenvalue weighted by Gasteiger charge is -2.37. The van der Waals surface area contributed by atoms with Crippen LogP contribution >= 0.6 is 0 Å². The Kier molecular flexibility index (Phi) is 4.76. The van der Waals surface area contributed by atoms with Gasteiger partial charge in [-0.1, -0.05) is 24.3 Å². The van der Waals surface area contributed by atoms with E-state index < -0.39 is 24.4 Å². The van der Waals surface area contributed by atoms with Crippen LogP contribution in [0.1, 0.15) is 13.3 Å². The first-order valence-corrected chi connectivity index (χ1v) is 6.69. The predicted octanol–water partition coefficient (Wildman–Crippen LogP) is -0.403. The van der Waals surface area contributed by atoms with Crippen molar-refractivity contribution >= 4 is 0 Å². The molecule has 7 unspecified atom stereocenters. The number of allylic oxidation sites excluding steroid dienone is 2. The topological polar surface area (TPSA) is 90.2 Å². The summed E-state index contributed by atoms with van der Waals surface area (Å²) in [4.78, 5) is 0. The summed E-state index contributed by atoms with van der Waals surface area (Å²) in [6, 6.07) is 0. The fourth-order valence-electron chi connectivity index (χ4n) is 2.87. The van der Waals surface area contributed by atoms with E-state index in [1.54, 1.807) is 25.2 Å². The Bertz CT molecular complexity index is 352. The van der Waals surface area contributed by atoms with Gasteiger partial charge in [-0.15, -0.1) is 0 Å². The first-order valence-electron chi connectivity index (χ1n) is 6.69. The van der Waals surface area contributed by atoms with E-state index in [-0.39, 0.29) is 17.9 Å². The maximum atomic E-state index is 9.92. The summed E-state index contributed by atoms with van der Waals surface area (Å²) < 4.78 is 5.61. The van der Waals surface area contributed by atoms with Crippen LogP contribution < -0.4 is 0 Å². The number of rotatable bonds is 3. The largest absolute Gasteiger partial charge is 0.390 e. The van der Waals surface area contributed by atoms with E-state index in [1.165, 1.54) is 0 Å². The Morgan fingerprint density at radius 1 is 1.11 bits per heavy atom. The highest BCUT2D eigenvalue weighted by molar-refractivity contribution is 5.11. The highest BCUT2D eigenvalue weighted by atomic mass is 16.5. The molecule has 0 aromatic heterocycles. The van der Waals surface area contributed by atoms with Crippen molar-refractivity contribution in [1.29, 1.82) is 0 Å². The second-order valence-electron chi connectivity index (χ2n) is 5.42. The molecule has 19 heavy (non-hydrogen) atoms. The highest BCUT2D eigenvalue weighted by Gasteiger charge is 2.48.